The smallest absolute Gasteiger partial charge is 0.159 e. The first-order valence-electron chi connectivity index (χ1n) is 5.17. The molecule has 2 nitrogen and oxygen atoms in total. The number of nitrogens with zero attached hydrogens (tertiary/aromatic N) is 2. The minimum absolute atomic E-state index is 0.795. The molecule has 0 aliphatic heterocycles. The van der Waals surface area contributed by atoms with Gasteiger partial charge in [-0.3, -0.25) is 0 Å². The molecule has 1 aromatic carbocycles. The number of rotatable bonds is 2. The number of hydrogen-bond donors (Lipinski definition) is 0. The maximum Gasteiger partial charge on any atom is 0.159 e. The van der Waals surface area contributed by atoms with Gasteiger partial charge >= 0.3 is 0 Å². The lowest BCUT2D eigenvalue weighted by atomic mass is 10.1. The Balaban J connectivity index is 2.33. The van der Waals surface area contributed by atoms with Crippen molar-refractivity contribution in [3.8, 4) is 11.4 Å². The van der Waals surface area contributed by atoms with Crippen LogP contribution in [0.15, 0.2) is 36.7 Å². The average molecular weight is 198 g/mol. The molecule has 0 atom stereocenters. The lowest BCUT2D eigenvalue weighted by Gasteiger charge is -2.01. The van der Waals surface area contributed by atoms with Crippen molar-refractivity contribution in [2.45, 2.75) is 20.3 Å². The van der Waals surface area contributed by atoms with Crippen molar-refractivity contribution in [3.05, 3.63) is 47.8 Å². The van der Waals surface area contributed by atoms with Crippen molar-refractivity contribution in [2.24, 2.45) is 0 Å². The molecule has 2 heteroatoms. The first-order chi connectivity index (χ1) is 7.29. The fourth-order valence-corrected chi connectivity index (χ4v) is 1.43. The van der Waals surface area contributed by atoms with Gasteiger partial charge in [0.25, 0.3) is 0 Å². The fraction of sp³-hybridized carbons (Fsp3) is 0.231. The Labute approximate surface area is 90.0 Å². The summed E-state index contributed by atoms with van der Waals surface area (Å²) < 4.78 is 0. The molecule has 76 valence electrons. The van der Waals surface area contributed by atoms with Crippen LogP contribution in [0.5, 0.6) is 0 Å². The molecule has 0 aliphatic rings. The zero-order valence-electron chi connectivity index (χ0n) is 9.07. The van der Waals surface area contributed by atoms with E-state index in [1.807, 2.05) is 19.3 Å². The van der Waals surface area contributed by atoms with Crippen molar-refractivity contribution in [1.29, 1.82) is 0 Å². The van der Waals surface area contributed by atoms with Gasteiger partial charge in [-0.2, -0.15) is 0 Å². The SMILES string of the molecule is CCc1ccc(-c2ncc(C)cn2)cc1. The lowest BCUT2D eigenvalue weighted by molar-refractivity contribution is 1.12. The van der Waals surface area contributed by atoms with Gasteiger partial charge in [0, 0.05) is 18.0 Å². The van der Waals surface area contributed by atoms with Gasteiger partial charge in [0.05, 0.1) is 0 Å². The molecule has 0 spiro atoms. The summed E-state index contributed by atoms with van der Waals surface area (Å²) in [5.41, 5.74) is 3.50. The van der Waals surface area contributed by atoms with E-state index < -0.39 is 0 Å². The van der Waals surface area contributed by atoms with Crippen LogP contribution in [0.3, 0.4) is 0 Å². The minimum atomic E-state index is 0.795. The maximum atomic E-state index is 4.29. The van der Waals surface area contributed by atoms with Crippen molar-refractivity contribution in [1.82, 2.24) is 9.97 Å². The van der Waals surface area contributed by atoms with Gasteiger partial charge in [0.2, 0.25) is 0 Å². The van der Waals surface area contributed by atoms with E-state index >= 15 is 0 Å². The zero-order chi connectivity index (χ0) is 10.7. The zero-order valence-corrected chi connectivity index (χ0v) is 9.07. The molecule has 1 heterocycles. The Morgan fingerprint density at radius 1 is 1.00 bits per heavy atom. The topological polar surface area (TPSA) is 25.8 Å². The highest BCUT2D eigenvalue weighted by atomic mass is 14.9. The molecule has 15 heavy (non-hydrogen) atoms. The third kappa shape index (κ3) is 2.21. The number of aromatic nitrogens is 2. The Bertz CT molecular complexity index is 429. The van der Waals surface area contributed by atoms with Gasteiger partial charge in [-0.05, 0) is 24.5 Å². The van der Waals surface area contributed by atoms with Gasteiger partial charge in [-0.1, -0.05) is 31.2 Å². The predicted octanol–water partition coefficient (Wildman–Crippen LogP) is 3.01. The monoisotopic (exact) mass is 198 g/mol. The number of hydrogen-bond acceptors (Lipinski definition) is 2. The molecule has 0 saturated carbocycles. The summed E-state index contributed by atoms with van der Waals surface area (Å²) in [5, 5.41) is 0. The Kier molecular flexibility index (Phi) is 2.77. The van der Waals surface area contributed by atoms with E-state index in [1.54, 1.807) is 0 Å². The lowest BCUT2D eigenvalue weighted by Crippen LogP contribution is -1.89. The van der Waals surface area contributed by atoms with Crippen LogP contribution >= 0.6 is 0 Å². The van der Waals surface area contributed by atoms with E-state index in [0.717, 1.165) is 23.4 Å². The minimum Gasteiger partial charge on any atom is -0.236 e. The highest BCUT2D eigenvalue weighted by Crippen LogP contribution is 2.15. The molecule has 0 fully saturated rings. The standard InChI is InChI=1S/C13H14N2/c1-3-11-4-6-12(7-5-11)13-14-8-10(2)9-15-13/h4-9H,3H2,1-2H3. The summed E-state index contributed by atoms with van der Waals surface area (Å²) in [6.07, 6.45) is 4.75. The molecule has 2 rings (SSSR count). The third-order valence-corrected chi connectivity index (χ3v) is 2.40. The van der Waals surface area contributed by atoms with Gasteiger partial charge < -0.3 is 0 Å². The molecule has 0 saturated heterocycles. The summed E-state index contributed by atoms with van der Waals surface area (Å²) in [6, 6.07) is 8.39. The first-order valence-corrected chi connectivity index (χ1v) is 5.17. The number of benzene rings is 1. The van der Waals surface area contributed by atoms with Crippen molar-refractivity contribution < 1.29 is 0 Å². The molecule has 0 aliphatic carbocycles. The van der Waals surface area contributed by atoms with E-state index in [-0.39, 0.29) is 0 Å². The predicted molar refractivity (Wildman–Crippen MR) is 61.6 cm³/mol. The summed E-state index contributed by atoms with van der Waals surface area (Å²) in [5.74, 6) is 0.795. The van der Waals surface area contributed by atoms with Crippen LogP contribution in [-0.4, -0.2) is 9.97 Å². The normalized spacial score (nSPS) is 10.3. The molecule has 0 unspecified atom stereocenters. The molecule has 2 aromatic rings. The molecule has 0 bridgehead atoms. The Hall–Kier alpha value is -1.70. The molecule has 0 N–H and O–H groups in total. The molecule has 0 amide bonds. The largest absolute Gasteiger partial charge is 0.236 e. The summed E-state index contributed by atoms with van der Waals surface area (Å²) in [6.45, 7) is 4.14. The van der Waals surface area contributed by atoms with E-state index in [2.05, 4.69) is 41.2 Å². The van der Waals surface area contributed by atoms with Crippen LogP contribution < -0.4 is 0 Å². The highest BCUT2D eigenvalue weighted by Gasteiger charge is 1.99. The summed E-state index contributed by atoms with van der Waals surface area (Å²) in [7, 11) is 0. The summed E-state index contributed by atoms with van der Waals surface area (Å²) in [4.78, 5) is 8.59. The quantitative estimate of drug-likeness (QED) is 0.741. The van der Waals surface area contributed by atoms with Gasteiger partial charge in [-0.25, -0.2) is 9.97 Å². The second kappa shape index (κ2) is 4.22. The second-order valence-electron chi connectivity index (χ2n) is 3.63. The molecule has 1 aromatic heterocycles. The van der Waals surface area contributed by atoms with E-state index in [4.69, 9.17) is 0 Å². The van der Waals surface area contributed by atoms with E-state index in [0.29, 0.717) is 0 Å². The van der Waals surface area contributed by atoms with Crippen LogP contribution in [0.4, 0.5) is 0 Å². The molecular formula is C13H14N2. The third-order valence-electron chi connectivity index (χ3n) is 2.40. The Morgan fingerprint density at radius 2 is 1.60 bits per heavy atom. The highest BCUT2D eigenvalue weighted by molar-refractivity contribution is 5.54. The van der Waals surface area contributed by atoms with Crippen LogP contribution in [0.1, 0.15) is 18.1 Å². The summed E-state index contributed by atoms with van der Waals surface area (Å²) >= 11 is 0. The van der Waals surface area contributed by atoms with Crippen molar-refractivity contribution >= 4 is 0 Å². The second-order valence-corrected chi connectivity index (χ2v) is 3.63. The van der Waals surface area contributed by atoms with Gasteiger partial charge in [0.15, 0.2) is 5.82 Å². The van der Waals surface area contributed by atoms with E-state index in [1.165, 1.54) is 5.56 Å². The van der Waals surface area contributed by atoms with Crippen LogP contribution in [-0.2, 0) is 6.42 Å². The fourth-order valence-electron chi connectivity index (χ4n) is 1.43. The van der Waals surface area contributed by atoms with E-state index in [9.17, 15) is 0 Å². The van der Waals surface area contributed by atoms with Crippen LogP contribution in [0.25, 0.3) is 11.4 Å². The maximum absolute atomic E-state index is 4.29. The van der Waals surface area contributed by atoms with Crippen LogP contribution in [0.2, 0.25) is 0 Å². The van der Waals surface area contributed by atoms with Gasteiger partial charge in [0.1, 0.15) is 0 Å². The van der Waals surface area contributed by atoms with Crippen molar-refractivity contribution in [2.75, 3.05) is 0 Å². The number of aryl methyl sites for hydroxylation is 2. The average Bonchev–Trinajstić information content (AvgIpc) is 2.30. The Morgan fingerprint density at radius 3 is 2.13 bits per heavy atom. The van der Waals surface area contributed by atoms with Crippen molar-refractivity contribution in [3.63, 3.8) is 0 Å². The molecular weight excluding hydrogens is 184 g/mol. The van der Waals surface area contributed by atoms with Crippen LogP contribution in [0, 0.1) is 6.92 Å². The van der Waals surface area contributed by atoms with Gasteiger partial charge in [-0.15, -0.1) is 0 Å². The first kappa shape index (κ1) is 9.84. The molecule has 0 radical (unpaired) electrons.